The molecule has 0 saturated heterocycles. The Hall–Kier alpha value is -0.820. The van der Waals surface area contributed by atoms with Crippen molar-refractivity contribution in [3.8, 4) is 0 Å². The highest BCUT2D eigenvalue weighted by atomic mass is 16.3. The van der Waals surface area contributed by atoms with Gasteiger partial charge in [-0.1, -0.05) is 50.1 Å². The molecule has 2 rings (SSSR count). The van der Waals surface area contributed by atoms with Gasteiger partial charge in [-0.3, -0.25) is 0 Å². The van der Waals surface area contributed by atoms with Crippen molar-refractivity contribution in [2.45, 2.75) is 44.1 Å². The number of rotatable bonds is 2. The maximum atomic E-state index is 10.4. The molecule has 1 atom stereocenters. The Kier molecular flexibility index (Phi) is 2.60. The van der Waals surface area contributed by atoms with Crippen LogP contribution in [0.15, 0.2) is 30.3 Å². The normalized spacial score (nSPS) is 22.1. The van der Waals surface area contributed by atoms with Crippen molar-refractivity contribution in [2.75, 3.05) is 0 Å². The average molecular weight is 190 g/mol. The first-order chi connectivity index (χ1) is 6.72. The van der Waals surface area contributed by atoms with Crippen molar-refractivity contribution in [2.24, 2.45) is 0 Å². The van der Waals surface area contributed by atoms with Crippen LogP contribution in [0.25, 0.3) is 0 Å². The van der Waals surface area contributed by atoms with E-state index in [1.54, 1.807) is 0 Å². The quantitative estimate of drug-likeness (QED) is 0.759. The van der Waals surface area contributed by atoms with Crippen molar-refractivity contribution in [1.82, 2.24) is 0 Å². The lowest BCUT2D eigenvalue weighted by atomic mass is 9.82. The molecule has 0 spiro atoms. The molecule has 1 N–H and O–H groups in total. The average Bonchev–Trinajstić information content (AvgIpc) is 2.67. The number of hydrogen-bond donors (Lipinski definition) is 1. The molecule has 0 unspecified atom stereocenters. The van der Waals surface area contributed by atoms with Gasteiger partial charge in [-0.15, -0.1) is 0 Å². The molecule has 1 aromatic rings. The second-order valence-electron chi connectivity index (χ2n) is 4.44. The molecule has 0 aromatic heterocycles. The van der Waals surface area contributed by atoms with E-state index in [4.69, 9.17) is 0 Å². The molecule has 1 saturated carbocycles. The van der Waals surface area contributed by atoms with Crippen LogP contribution in [0.5, 0.6) is 0 Å². The van der Waals surface area contributed by atoms with E-state index in [0.717, 1.165) is 12.8 Å². The van der Waals surface area contributed by atoms with Crippen LogP contribution < -0.4 is 0 Å². The van der Waals surface area contributed by atoms with Crippen LogP contribution in [0.3, 0.4) is 0 Å². The molecule has 1 aromatic carbocycles. The lowest BCUT2D eigenvalue weighted by molar-refractivity contribution is 0.0242. The van der Waals surface area contributed by atoms with Crippen LogP contribution >= 0.6 is 0 Å². The second kappa shape index (κ2) is 3.74. The predicted octanol–water partition coefficient (Wildman–Crippen LogP) is 3.10. The van der Waals surface area contributed by atoms with Crippen LogP contribution in [-0.4, -0.2) is 10.7 Å². The Morgan fingerprint density at radius 3 is 2.29 bits per heavy atom. The van der Waals surface area contributed by atoms with Gasteiger partial charge < -0.3 is 5.11 Å². The zero-order valence-electron chi connectivity index (χ0n) is 8.74. The molecule has 0 bridgehead atoms. The summed E-state index contributed by atoms with van der Waals surface area (Å²) in [6, 6.07) is 10.3. The highest BCUT2D eigenvalue weighted by Gasteiger charge is 2.37. The molecular weight excluding hydrogens is 172 g/mol. The van der Waals surface area contributed by atoms with Crippen LogP contribution in [0.1, 0.15) is 44.1 Å². The minimum absolute atomic E-state index is 0.270. The Bertz CT molecular complexity index is 285. The van der Waals surface area contributed by atoms with Gasteiger partial charge in [0.05, 0.1) is 5.60 Å². The van der Waals surface area contributed by atoms with Crippen molar-refractivity contribution in [3.05, 3.63) is 35.9 Å². The molecule has 76 valence electrons. The van der Waals surface area contributed by atoms with Crippen LogP contribution in [0.2, 0.25) is 0 Å². The Labute approximate surface area is 85.8 Å². The van der Waals surface area contributed by atoms with E-state index in [0.29, 0.717) is 0 Å². The van der Waals surface area contributed by atoms with E-state index < -0.39 is 5.60 Å². The number of hydrogen-bond acceptors (Lipinski definition) is 1. The van der Waals surface area contributed by atoms with Gasteiger partial charge >= 0.3 is 0 Å². The monoisotopic (exact) mass is 190 g/mol. The lowest BCUT2D eigenvalue weighted by Crippen LogP contribution is -2.31. The first-order valence-electron chi connectivity index (χ1n) is 5.50. The molecular formula is C13H18O. The fourth-order valence-corrected chi connectivity index (χ4v) is 2.47. The van der Waals surface area contributed by atoms with Gasteiger partial charge in [0.25, 0.3) is 0 Å². The summed E-state index contributed by atoms with van der Waals surface area (Å²) in [5.41, 5.74) is 0.818. The fraction of sp³-hybridized carbons (Fsp3) is 0.538. The highest BCUT2D eigenvalue weighted by molar-refractivity contribution is 5.22. The molecule has 14 heavy (non-hydrogen) atoms. The highest BCUT2D eigenvalue weighted by Crippen LogP contribution is 2.40. The molecule has 1 nitrogen and oxygen atoms in total. The maximum absolute atomic E-state index is 10.4. The summed E-state index contributed by atoms with van der Waals surface area (Å²) in [6.07, 6.45) is 4.27. The molecule has 0 heterocycles. The third-order valence-electron chi connectivity index (χ3n) is 3.57. The standard InChI is InChI=1S/C13H18O/c1-11(12-7-3-2-4-8-12)13(14)9-5-6-10-13/h2-4,7-8,11,14H,5-6,9-10H2,1H3/t11-/m1/s1. The van der Waals surface area contributed by atoms with Crippen molar-refractivity contribution < 1.29 is 5.11 Å². The summed E-state index contributed by atoms with van der Waals surface area (Å²) in [5, 5.41) is 10.4. The predicted molar refractivity (Wildman–Crippen MR) is 58.3 cm³/mol. The second-order valence-corrected chi connectivity index (χ2v) is 4.44. The lowest BCUT2D eigenvalue weighted by Gasteiger charge is -2.30. The van der Waals surface area contributed by atoms with Crippen LogP contribution in [0, 0.1) is 0 Å². The first-order valence-corrected chi connectivity index (χ1v) is 5.50. The van der Waals surface area contributed by atoms with Gasteiger partial charge in [-0.05, 0) is 18.4 Å². The van der Waals surface area contributed by atoms with Crippen molar-refractivity contribution in [1.29, 1.82) is 0 Å². The zero-order chi connectivity index (χ0) is 10.0. The largest absolute Gasteiger partial charge is 0.389 e. The molecule has 1 aliphatic carbocycles. The molecule has 0 aliphatic heterocycles. The van der Waals surface area contributed by atoms with Gasteiger partial charge in [-0.2, -0.15) is 0 Å². The van der Waals surface area contributed by atoms with E-state index in [1.165, 1.54) is 18.4 Å². The summed E-state index contributed by atoms with van der Waals surface area (Å²) < 4.78 is 0. The molecule has 1 heteroatoms. The van der Waals surface area contributed by atoms with E-state index in [1.807, 2.05) is 18.2 Å². The maximum Gasteiger partial charge on any atom is 0.0713 e. The number of aliphatic hydroxyl groups is 1. The summed E-state index contributed by atoms with van der Waals surface area (Å²) in [7, 11) is 0. The summed E-state index contributed by atoms with van der Waals surface area (Å²) >= 11 is 0. The minimum Gasteiger partial charge on any atom is -0.389 e. The third-order valence-corrected chi connectivity index (χ3v) is 3.57. The molecule has 0 amide bonds. The van der Waals surface area contributed by atoms with Crippen LogP contribution in [0.4, 0.5) is 0 Å². The fourth-order valence-electron chi connectivity index (χ4n) is 2.47. The van der Waals surface area contributed by atoms with E-state index in [-0.39, 0.29) is 5.92 Å². The van der Waals surface area contributed by atoms with Gasteiger partial charge in [0.15, 0.2) is 0 Å². The van der Waals surface area contributed by atoms with Crippen molar-refractivity contribution >= 4 is 0 Å². The van der Waals surface area contributed by atoms with Gasteiger partial charge in [0.2, 0.25) is 0 Å². The molecule has 1 aliphatic rings. The van der Waals surface area contributed by atoms with Crippen LogP contribution in [-0.2, 0) is 0 Å². The molecule has 1 fully saturated rings. The summed E-state index contributed by atoms with van der Waals surface area (Å²) in [4.78, 5) is 0. The summed E-state index contributed by atoms with van der Waals surface area (Å²) in [6.45, 7) is 2.14. The van der Waals surface area contributed by atoms with E-state index in [9.17, 15) is 5.11 Å². The first kappa shape index (κ1) is 9.72. The van der Waals surface area contributed by atoms with Gasteiger partial charge in [0, 0.05) is 5.92 Å². The Morgan fingerprint density at radius 1 is 1.14 bits per heavy atom. The topological polar surface area (TPSA) is 20.2 Å². The number of benzene rings is 1. The third kappa shape index (κ3) is 1.69. The smallest absolute Gasteiger partial charge is 0.0713 e. The van der Waals surface area contributed by atoms with Gasteiger partial charge in [-0.25, -0.2) is 0 Å². The van der Waals surface area contributed by atoms with E-state index in [2.05, 4.69) is 19.1 Å². The minimum atomic E-state index is -0.443. The SMILES string of the molecule is C[C@H](c1ccccc1)C1(O)CCCC1. The van der Waals surface area contributed by atoms with E-state index >= 15 is 0 Å². The molecule has 0 radical (unpaired) electrons. The Balaban J connectivity index is 2.19. The van der Waals surface area contributed by atoms with Crippen molar-refractivity contribution in [3.63, 3.8) is 0 Å². The Morgan fingerprint density at radius 2 is 1.71 bits per heavy atom. The van der Waals surface area contributed by atoms with Gasteiger partial charge in [0.1, 0.15) is 0 Å². The summed E-state index contributed by atoms with van der Waals surface area (Å²) in [5.74, 6) is 0.270. The zero-order valence-corrected chi connectivity index (χ0v) is 8.74.